The van der Waals surface area contributed by atoms with Crippen LogP contribution in [0.5, 0.6) is 0 Å². The van der Waals surface area contributed by atoms with Crippen molar-refractivity contribution in [2.75, 3.05) is 26.4 Å². The van der Waals surface area contributed by atoms with Gasteiger partial charge in [0.25, 0.3) is 0 Å². The van der Waals surface area contributed by atoms with Crippen LogP contribution in [0.15, 0.2) is 60.7 Å². The molecule has 2 saturated carbocycles. The minimum absolute atomic E-state index is 0.0602. The van der Waals surface area contributed by atoms with Gasteiger partial charge in [0.2, 0.25) is 0 Å². The zero-order valence-corrected chi connectivity index (χ0v) is 26.6. The largest absolute Gasteiger partial charge is 0.445 e. The SMILES string of the molecule is CC1(C)O[C@@H]2[C@H](O1)[C@@H](OCCO)C[C@H]2NC(=O)OCc1ccccc1.O=C(N[C@@H]1C[C@H](OCCO)[C@@H](O)[C@H]1O)OCc1ccccc1. The molecule has 0 spiro atoms. The first-order valence-electron chi connectivity index (χ1n) is 15.7. The molecule has 14 heteroatoms. The van der Waals surface area contributed by atoms with E-state index < -0.39 is 42.3 Å². The van der Waals surface area contributed by atoms with E-state index in [9.17, 15) is 19.8 Å². The number of carbonyl (C=O) groups excluding carboxylic acids is 2. The van der Waals surface area contributed by atoms with Crippen molar-refractivity contribution < 1.29 is 58.4 Å². The van der Waals surface area contributed by atoms with Crippen molar-refractivity contribution in [2.24, 2.45) is 0 Å². The second kappa shape index (κ2) is 17.7. The molecule has 2 aliphatic carbocycles. The highest BCUT2D eigenvalue weighted by molar-refractivity contribution is 5.68. The van der Waals surface area contributed by atoms with Crippen LogP contribution in [0.2, 0.25) is 0 Å². The van der Waals surface area contributed by atoms with E-state index in [0.29, 0.717) is 6.42 Å². The molecule has 2 aromatic carbocycles. The molecule has 2 aromatic rings. The predicted molar refractivity (Wildman–Crippen MR) is 166 cm³/mol. The van der Waals surface area contributed by atoms with Crippen LogP contribution in [-0.4, -0.2) is 114 Å². The van der Waals surface area contributed by atoms with Crippen molar-refractivity contribution in [3.63, 3.8) is 0 Å². The number of aliphatic hydroxyl groups excluding tert-OH is 4. The highest BCUT2D eigenvalue weighted by atomic mass is 16.8. The summed E-state index contributed by atoms with van der Waals surface area (Å²) in [6.07, 6.45) is -4.04. The molecular weight excluding hydrogens is 616 g/mol. The van der Waals surface area contributed by atoms with Gasteiger partial charge in [-0.1, -0.05) is 60.7 Å². The third kappa shape index (κ3) is 10.8. The molecule has 260 valence electrons. The van der Waals surface area contributed by atoms with Gasteiger partial charge in [-0.05, 0) is 37.8 Å². The van der Waals surface area contributed by atoms with Gasteiger partial charge in [-0.2, -0.15) is 0 Å². The van der Waals surface area contributed by atoms with Crippen LogP contribution in [-0.2, 0) is 41.6 Å². The lowest BCUT2D eigenvalue weighted by Crippen LogP contribution is -2.43. The molecule has 5 rings (SSSR count). The minimum Gasteiger partial charge on any atom is -0.445 e. The zero-order chi connectivity index (χ0) is 33.8. The predicted octanol–water partition coefficient (Wildman–Crippen LogP) is 1.37. The van der Waals surface area contributed by atoms with E-state index in [1.54, 1.807) is 0 Å². The number of ether oxygens (including phenoxy) is 6. The summed E-state index contributed by atoms with van der Waals surface area (Å²) in [4.78, 5) is 23.9. The number of rotatable bonds is 12. The molecule has 0 unspecified atom stereocenters. The Balaban J connectivity index is 0.000000215. The van der Waals surface area contributed by atoms with Gasteiger partial charge in [0, 0.05) is 0 Å². The lowest BCUT2D eigenvalue weighted by molar-refractivity contribution is -0.169. The van der Waals surface area contributed by atoms with E-state index in [1.165, 1.54) is 0 Å². The molecule has 1 saturated heterocycles. The van der Waals surface area contributed by atoms with Crippen LogP contribution in [0.25, 0.3) is 0 Å². The summed E-state index contributed by atoms with van der Waals surface area (Å²) in [6, 6.07) is 17.8. The normalized spacial score (nSPS) is 28.9. The lowest BCUT2D eigenvalue weighted by Gasteiger charge is -2.23. The van der Waals surface area contributed by atoms with Gasteiger partial charge in [-0.15, -0.1) is 0 Å². The first-order chi connectivity index (χ1) is 22.6. The Kier molecular flexibility index (Phi) is 13.8. The Morgan fingerprint density at radius 3 is 1.72 bits per heavy atom. The number of benzene rings is 2. The van der Waals surface area contributed by atoms with E-state index in [0.717, 1.165) is 11.1 Å². The number of fused-ring (bicyclic) bond motifs is 1. The van der Waals surface area contributed by atoms with Crippen LogP contribution in [0.3, 0.4) is 0 Å². The van der Waals surface area contributed by atoms with E-state index in [2.05, 4.69) is 10.6 Å². The average Bonchev–Trinajstić information content (AvgIpc) is 3.65. The van der Waals surface area contributed by atoms with Gasteiger partial charge in [0.15, 0.2) is 5.79 Å². The van der Waals surface area contributed by atoms with Crippen molar-refractivity contribution in [3.8, 4) is 0 Å². The third-order valence-corrected chi connectivity index (χ3v) is 7.92. The number of nitrogens with one attached hydrogen (secondary N) is 2. The van der Waals surface area contributed by atoms with Crippen molar-refractivity contribution in [1.82, 2.24) is 10.6 Å². The van der Waals surface area contributed by atoms with Crippen LogP contribution < -0.4 is 10.6 Å². The molecule has 47 heavy (non-hydrogen) atoms. The van der Waals surface area contributed by atoms with Gasteiger partial charge >= 0.3 is 12.2 Å². The summed E-state index contributed by atoms with van der Waals surface area (Å²) in [5.74, 6) is -0.732. The Labute approximate surface area is 273 Å². The Hall–Kier alpha value is -3.34. The molecule has 3 fully saturated rings. The summed E-state index contributed by atoms with van der Waals surface area (Å²) >= 11 is 0. The Bertz CT molecular complexity index is 1240. The minimum atomic E-state index is -1.13. The molecule has 0 radical (unpaired) electrons. The standard InChI is InChI=1S/C18H25NO6.C15H21NO6/c1-18(2)24-15-13(10-14(16(15)25-18)22-9-8-20)19-17(21)23-11-12-6-4-3-5-7-12;17-6-7-21-12-8-11(13(18)14(12)19)16-15(20)22-9-10-4-2-1-3-5-10/h3-7,13-16,20H,8-11H2,1-2H3,(H,19,21);1-5,11-14,17-19H,6-9H2,(H,16,20)/t13-,14+,15+,16-;11-,12+,13+,14-/m11/s1. The van der Waals surface area contributed by atoms with Crippen molar-refractivity contribution in [3.05, 3.63) is 71.8 Å². The Morgan fingerprint density at radius 1 is 0.723 bits per heavy atom. The Morgan fingerprint density at radius 2 is 1.19 bits per heavy atom. The first kappa shape index (κ1) is 36.5. The fourth-order valence-electron chi connectivity index (χ4n) is 5.78. The van der Waals surface area contributed by atoms with Crippen LogP contribution in [0.1, 0.15) is 37.8 Å². The van der Waals surface area contributed by atoms with Crippen molar-refractivity contribution in [2.45, 2.75) is 94.4 Å². The molecule has 14 nitrogen and oxygen atoms in total. The van der Waals surface area contributed by atoms with Crippen LogP contribution in [0.4, 0.5) is 9.59 Å². The van der Waals surface area contributed by atoms with Crippen molar-refractivity contribution in [1.29, 1.82) is 0 Å². The number of alkyl carbamates (subject to hydrolysis) is 2. The molecule has 6 N–H and O–H groups in total. The van der Waals surface area contributed by atoms with Crippen LogP contribution in [0, 0.1) is 0 Å². The fourth-order valence-corrected chi connectivity index (χ4v) is 5.78. The second-order valence-corrected chi connectivity index (χ2v) is 11.9. The molecular formula is C33H46N2O12. The highest BCUT2D eigenvalue weighted by Gasteiger charge is 2.55. The average molecular weight is 663 g/mol. The monoisotopic (exact) mass is 662 g/mol. The molecule has 1 heterocycles. The van der Waals surface area contributed by atoms with Gasteiger partial charge in [-0.25, -0.2) is 9.59 Å². The first-order valence-corrected chi connectivity index (χ1v) is 15.7. The van der Waals surface area contributed by atoms with Crippen LogP contribution >= 0.6 is 0 Å². The number of amides is 2. The lowest BCUT2D eigenvalue weighted by atomic mass is 10.2. The quantitative estimate of drug-likeness (QED) is 0.191. The van der Waals surface area contributed by atoms with E-state index >= 15 is 0 Å². The third-order valence-electron chi connectivity index (χ3n) is 7.92. The number of hydrogen-bond donors (Lipinski definition) is 6. The second-order valence-electron chi connectivity index (χ2n) is 11.9. The summed E-state index contributed by atoms with van der Waals surface area (Å²) in [5, 5.41) is 42.8. The maximum atomic E-state index is 12.1. The molecule has 0 bridgehead atoms. The van der Waals surface area contributed by atoms with E-state index in [-0.39, 0.29) is 70.4 Å². The number of hydrogen-bond acceptors (Lipinski definition) is 12. The zero-order valence-electron chi connectivity index (χ0n) is 26.6. The smallest absolute Gasteiger partial charge is 0.407 e. The van der Waals surface area contributed by atoms with Gasteiger partial charge in [-0.3, -0.25) is 0 Å². The summed E-state index contributed by atoms with van der Waals surface area (Å²) in [7, 11) is 0. The fraction of sp³-hybridized carbons (Fsp3) is 0.576. The van der Waals surface area contributed by atoms with Gasteiger partial charge in [0.05, 0.1) is 50.7 Å². The van der Waals surface area contributed by atoms with E-state index in [4.69, 9.17) is 38.6 Å². The summed E-state index contributed by atoms with van der Waals surface area (Å²) in [6.45, 7) is 4.07. The van der Waals surface area contributed by atoms with E-state index in [1.807, 2.05) is 74.5 Å². The highest BCUT2D eigenvalue weighted by Crippen LogP contribution is 2.39. The number of aliphatic hydroxyl groups is 4. The molecule has 2 amide bonds. The molecule has 1 aliphatic heterocycles. The maximum Gasteiger partial charge on any atom is 0.407 e. The van der Waals surface area contributed by atoms with Gasteiger partial charge < -0.3 is 59.5 Å². The van der Waals surface area contributed by atoms with Crippen molar-refractivity contribution >= 4 is 12.2 Å². The maximum absolute atomic E-state index is 12.1. The molecule has 0 aromatic heterocycles. The van der Waals surface area contributed by atoms with Gasteiger partial charge in [0.1, 0.15) is 37.6 Å². The topological polar surface area (TPSA) is 194 Å². The molecule has 3 aliphatic rings. The summed E-state index contributed by atoms with van der Waals surface area (Å²) < 4.78 is 33.0. The molecule has 8 atom stereocenters. The summed E-state index contributed by atoms with van der Waals surface area (Å²) in [5.41, 5.74) is 1.78. The number of carbonyl (C=O) groups is 2.